The Labute approximate surface area is 82.2 Å². The molecule has 0 aliphatic carbocycles. The number of phenols is 1. The van der Waals surface area contributed by atoms with Crippen molar-refractivity contribution in [3.63, 3.8) is 0 Å². The van der Waals surface area contributed by atoms with Crippen LogP contribution in [-0.2, 0) is 15.8 Å². The molecule has 1 rings (SSSR count). The summed E-state index contributed by atoms with van der Waals surface area (Å²) in [6.45, 7) is 0. The third kappa shape index (κ3) is 2.90. The Morgan fingerprint density at radius 1 is 1.50 bits per heavy atom. The van der Waals surface area contributed by atoms with E-state index in [0.717, 1.165) is 0 Å². The van der Waals surface area contributed by atoms with E-state index in [2.05, 4.69) is 0 Å². The number of benzene rings is 1. The third-order valence-corrected chi connectivity index (χ3v) is 2.36. The normalized spacial score (nSPS) is 11.3. The van der Waals surface area contributed by atoms with E-state index in [1.165, 1.54) is 25.3 Å². The maximum Gasteiger partial charge on any atom is 0.213 e. The fourth-order valence-electron chi connectivity index (χ4n) is 1.02. The summed E-state index contributed by atoms with van der Waals surface area (Å²) in [5.41, 5.74) is 0.229. The molecule has 0 saturated heterocycles. The number of aromatic hydroxyl groups is 1. The van der Waals surface area contributed by atoms with Crippen molar-refractivity contribution in [1.29, 1.82) is 0 Å². The van der Waals surface area contributed by atoms with Crippen LogP contribution in [0, 0.1) is 0 Å². The topological polar surface area (TPSA) is 89.6 Å². The van der Waals surface area contributed by atoms with E-state index in [9.17, 15) is 13.5 Å². The van der Waals surface area contributed by atoms with Crippen molar-refractivity contribution in [3.8, 4) is 11.5 Å². The number of rotatable bonds is 3. The highest BCUT2D eigenvalue weighted by atomic mass is 32.2. The molecule has 0 heterocycles. The van der Waals surface area contributed by atoms with Crippen molar-refractivity contribution >= 4 is 10.0 Å². The summed E-state index contributed by atoms with van der Waals surface area (Å²) in [4.78, 5) is 0. The number of sulfonamides is 1. The first-order valence-corrected chi connectivity index (χ1v) is 5.50. The molecule has 0 bridgehead atoms. The number of primary sulfonamides is 1. The van der Waals surface area contributed by atoms with Crippen molar-refractivity contribution in [2.75, 3.05) is 7.11 Å². The SMILES string of the molecule is COc1ccc(O)c(CS(N)(=O)=O)c1. The molecule has 78 valence electrons. The smallest absolute Gasteiger partial charge is 0.213 e. The highest BCUT2D eigenvalue weighted by molar-refractivity contribution is 7.88. The molecule has 0 unspecified atom stereocenters. The summed E-state index contributed by atoms with van der Waals surface area (Å²) in [7, 11) is -2.19. The summed E-state index contributed by atoms with van der Waals surface area (Å²) in [6, 6.07) is 4.32. The number of hydrogen-bond donors (Lipinski definition) is 2. The van der Waals surface area contributed by atoms with Gasteiger partial charge in [-0.1, -0.05) is 0 Å². The van der Waals surface area contributed by atoms with E-state index in [-0.39, 0.29) is 11.3 Å². The average molecular weight is 217 g/mol. The first-order chi connectivity index (χ1) is 6.42. The highest BCUT2D eigenvalue weighted by Gasteiger charge is 2.10. The van der Waals surface area contributed by atoms with Crippen LogP contribution in [0.1, 0.15) is 5.56 Å². The van der Waals surface area contributed by atoms with Crippen LogP contribution in [0.4, 0.5) is 0 Å². The Bertz CT molecular complexity index is 427. The molecule has 5 nitrogen and oxygen atoms in total. The number of phenolic OH excluding ortho intramolecular Hbond substituents is 1. The minimum Gasteiger partial charge on any atom is -0.508 e. The lowest BCUT2D eigenvalue weighted by atomic mass is 10.2. The molecule has 0 aromatic heterocycles. The number of nitrogens with two attached hydrogens (primary N) is 1. The standard InChI is InChI=1S/C8H11NO4S/c1-13-7-2-3-8(10)6(4-7)5-14(9,11)12/h2-4,10H,5H2,1H3,(H2,9,11,12). The van der Waals surface area contributed by atoms with Gasteiger partial charge in [-0.05, 0) is 18.2 Å². The maximum absolute atomic E-state index is 10.8. The Morgan fingerprint density at radius 3 is 2.64 bits per heavy atom. The Morgan fingerprint density at radius 2 is 2.14 bits per heavy atom. The van der Waals surface area contributed by atoms with Crippen LogP contribution < -0.4 is 9.88 Å². The zero-order chi connectivity index (χ0) is 10.8. The average Bonchev–Trinajstić information content (AvgIpc) is 2.06. The van der Waals surface area contributed by atoms with E-state index < -0.39 is 15.8 Å². The second-order valence-electron chi connectivity index (χ2n) is 2.80. The van der Waals surface area contributed by atoms with E-state index in [1.54, 1.807) is 0 Å². The van der Waals surface area contributed by atoms with Crippen LogP contribution in [0.15, 0.2) is 18.2 Å². The van der Waals surface area contributed by atoms with Gasteiger partial charge in [0.2, 0.25) is 10.0 Å². The summed E-state index contributed by atoms with van der Waals surface area (Å²) >= 11 is 0. The molecule has 6 heteroatoms. The first-order valence-electron chi connectivity index (χ1n) is 3.79. The lowest BCUT2D eigenvalue weighted by Crippen LogP contribution is -2.14. The molecule has 3 N–H and O–H groups in total. The van der Waals surface area contributed by atoms with Gasteiger partial charge in [0.1, 0.15) is 11.5 Å². The molecule has 0 amide bonds. The van der Waals surface area contributed by atoms with Gasteiger partial charge in [0, 0.05) is 5.56 Å². The van der Waals surface area contributed by atoms with Crippen molar-refractivity contribution < 1.29 is 18.3 Å². The Kier molecular flexibility index (Phi) is 2.97. The van der Waals surface area contributed by atoms with Gasteiger partial charge in [0.05, 0.1) is 12.9 Å². The fourth-order valence-corrected chi connectivity index (χ4v) is 1.69. The van der Waals surface area contributed by atoms with Gasteiger partial charge in [-0.3, -0.25) is 0 Å². The molecule has 0 atom stereocenters. The molecule has 1 aromatic rings. The van der Waals surface area contributed by atoms with Gasteiger partial charge in [0.25, 0.3) is 0 Å². The Hall–Kier alpha value is -1.27. The summed E-state index contributed by atoms with van der Waals surface area (Å²) < 4.78 is 26.4. The molecular formula is C8H11NO4S. The second-order valence-corrected chi connectivity index (χ2v) is 4.42. The zero-order valence-corrected chi connectivity index (χ0v) is 8.41. The minimum absolute atomic E-state index is 0.111. The van der Waals surface area contributed by atoms with E-state index >= 15 is 0 Å². The monoisotopic (exact) mass is 217 g/mol. The number of methoxy groups -OCH3 is 1. The van der Waals surface area contributed by atoms with Crippen molar-refractivity contribution in [3.05, 3.63) is 23.8 Å². The Balaban J connectivity index is 3.07. The maximum atomic E-state index is 10.8. The van der Waals surface area contributed by atoms with Crippen LogP contribution in [0.5, 0.6) is 11.5 Å². The number of ether oxygens (including phenoxy) is 1. The fraction of sp³-hybridized carbons (Fsp3) is 0.250. The van der Waals surface area contributed by atoms with Crippen molar-refractivity contribution in [2.45, 2.75) is 5.75 Å². The lowest BCUT2D eigenvalue weighted by Gasteiger charge is -2.05. The van der Waals surface area contributed by atoms with Crippen LogP contribution in [0.2, 0.25) is 0 Å². The van der Waals surface area contributed by atoms with Gasteiger partial charge < -0.3 is 9.84 Å². The van der Waals surface area contributed by atoms with Gasteiger partial charge in [0.15, 0.2) is 0 Å². The van der Waals surface area contributed by atoms with Crippen molar-refractivity contribution in [2.24, 2.45) is 5.14 Å². The number of hydrogen-bond acceptors (Lipinski definition) is 4. The molecule has 1 aromatic carbocycles. The largest absolute Gasteiger partial charge is 0.508 e. The predicted octanol–water partition coefficient (Wildman–Crippen LogP) is 0.189. The molecular weight excluding hydrogens is 206 g/mol. The van der Waals surface area contributed by atoms with Crippen LogP contribution in [0.3, 0.4) is 0 Å². The second kappa shape index (κ2) is 3.85. The molecule has 0 aliphatic rings. The molecule has 0 fully saturated rings. The molecule has 0 spiro atoms. The van der Waals surface area contributed by atoms with Gasteiger partial charge in [-0.15, -0.1) is 0 Å². The summed E-state index contributed by atoms with van der Waals surface area (Å²) in [6.07, 6.45) is 0. The van der Waals surface area contributed by atoms with Crippen molar-refractivity contribution in [1.82, 2.24) is 0 Å². The van der Waals surface area contributed by atoms with Gasteiger partial charge in [-0.25, -0.2) is 13.6 Å². The van der Waals surface area contributed by atoms with E-state index in [1.807, 2.05) is 0 Å². The molecule has 0 aliphatic heterocycles. The molecule has 0 saturated carbocycles. The lowest BCUT2D eigenvalue weighted by molar-refractivity contribution is 0.411. The quantitative estimate of drug-likeness (QED) is 0.756. The minimum atomic E-state index is -3.64. The molecule has 14 heavy (non-hydrogen) atoms. The first kappa shape index (κ1) is 10.8. The van der Waals surface area contributed by atoms with E-state index in [4.69, 9.17) is 9.88 Å². The predicted molar refractivity (Wildman–Crippen MR) is 51.5 cm³/mol. The molecule has 0 radical (unpaired) electrons. The van der Waals surface area contributed by atoms with Gasteiger partial charge >= 0.3 is 0 Å². The summed E-state index contributed by atoms with van der Waals surface area (Å²) in [5.74, 6) is -0.0444. The van der Waals surface area contributed by atoms with Crippen LogP contribution >= 0.6 is 0 Å². The van der Waals surface area contributed by atoms with Gasteiger partial charge in [-0.2, -0.15) is 0 Å². The third-order valence-electron chi connectivity index (χ3n) is 1.64. The highest BCUT2D eigenvalue weighted by Crippen LogP contribution is 2.23. The summed E-state index contributed by atoms with van der Waals surface area (Å²) in [5, 5.41) is 14.2. The zero-order valence-electron chi connectivity index (χ0n) is 7.60. The van der Waals surface area contributed by atoms with Crippen LogP contribution in [0.25, 0.3) is 0 Å². The van der Waals surface area contributed by atoms with Crippen LogP contribution in [-0.4, -0.2) is 20.6 Å². The van der Waals surface area contributed by atoms with E-state index in [0.29, 0.717) is 5.75 Å².